The lowest BCUT2D eigenvalue weighted by Crippen LogP contribution is -2.38. The third-order valence-electron chi connectivity index (χ3n) is 4.02. The minimum absolute atomic E-state index is 0.0377. The van der Waals surface area contributed by atoms with E-state index in [2.05, 4.69) is 4.74 Å². The van der Waals surface area contributed by atoms with Crippen molar-refractivity contribution in [2.75, 3.05) is 7.05 Å². The molecule has 0 bridgehead atoms. The molecular weight excluding hydrogens is 309 g/mol. The van der Waals surface area contributed by atoms with Crippen molar-refractivity contribution in [1.82, 2.24) is 4.90 Å². The van der Waals surface area contributed by atoms with Crippen LogP contribution in [0.25, 0.3) is 0 Å². The summed E-state index contributed by atoms with van der Waals surface area (Å²) < 4.78 is 40.2. The maximum atomic E-state index is 12.4. The van der Waals surface area contributed by atoms with E-state index in [0.717, 1.165) is 24.8 Å². The van der Waals surface area contributed by atoms with Crippen LogP contribution in [0.2, 0.25) is 0 Å². The number of amides is 1. The van der Waals surface area contributed by atoms with Crippen LogP contribution in [0.3, 0.4) is 0 Å². The van der Waals surface area contributed by atoms with E-state index < -0.39 is 6.36 Å². The van der Waals surface area contributed by atoms with Gasteiger partial charge in [-0.25, -0.2) is 0 Å². The molecule has 23 heavy (non-hydrogen) atoms. The van der Waals surface area contributed by atoms with Crippen molar-refractivity contribution in [3.05, 3.63) is 29.8 Å². The second kappa shape index (κ2) is 7.21. The van der Waals surface area contributed by atoms with Crippen molar-refractivity contribution in [2.24, 2.45) is 11.7 Å². The lowest BCUT2D eigenvalue weighted by molar-refractivity contribution is -0.274. The van der Waals surface area contributed by atoms with E-state index >= 15 is 0 Å². The molecule has 4 nitrogen and oxygen atoms in total. The molecular formula is C16H21F3N2O2. The highest BCUT2D eigenvalue weighted by Gasteiger charge is 2.31. The van der Waals surface area contributed by atoms with Crippen LogP contribution >= 0.6 is 0 Å². The Morgan fingerprint density at radius 1 is 1.30 bits per heavy atom. The number of nitrogens with zero attached hydrogens (tertiary/aromatic N) is 1. The first kappa shape index (κ1) is 17.6. The van der Waals surface area contributed by atoms with Crippen molar-refractivity contribution < 1.29 is 22.7 Å². The van der Waals surface area contributed by atoms with Crippen LogP contribution < -0.4 is 10.5 Å². The van der Waals surface area contributed by atoms with Gasteiger partial charge in [0.2, 0.25) is 5.91 Å². The summed E-state index contributed by atoms with van der Waals surface area (Å²) in [6.45, 7) is 0.344. The van der Waals surface area contributed by atoms with E-state index in [4.69, 9.17) is 5.73 Å². The first-order valence-corrected chi connectivity index (χ1v) is 7.60. The Labute approximate surface area is 133 Å². The zero-order chi connectivity index (χ0) is 17.0. The maximum absolute atomic E-state index is 12.4. The predicted molar refractivity (Wildman–Crippen MR) is 79.5 cm³/mol. The highest BCUT2D eigenvalue weighted by molar-refractivity contribution is 5.78. The Hall–Kier alpha value is -1.76. The van der Waals surface area contributed by atoms with Crippen molar-refractivity contribution in [3.63, 3.8) is 0 Å². The van der Waals surface area contributed by atoms with Gasteiger partial charge in [0.1, 0.15) is 5.75 Å². The molecule has 2 unspecified atom stereocenters. The quantitative estimate of drug-likeness (QED) is 0.923. The fourth-order valence-electron chi connectivity index (χ4n) is 2.91. The van der Waals surface area contributed by atoms with Gasteiger partial charge >= 0.3 is 6.36 Å². The molecule has 1 aliphatic rings. The van der Waals surface area contributed by atoms with Gasteiger partial charge in [0.15, 0.2) is 0 Å². The normalized spacial score (nSPS) is 21.8. The molecule has 1 saturated carbocycles. The minimum Gasteiger partial charge on any atom is -0.406 e. The summed E-state index contributed by atoms with van der Waals surface area (Å²) in [6.07, 6.45) is -1.26. The molecule has 7 heteroatoms. The zero-order valence-electron chi connectivity index (χ0n) is 13.0. The van der Waals surface area contributed by atoms with Crippen LogP contribution in [-0.4, -0.2) is 30.3 Å². The van der Waals surface area contributed by atoms with Crippen LogP contribution in [0.4, 0.5) is 13.2 Å². The summed E-state index contributed by atoms with van der Waals surface area (Å²) in [5.41, 5.74) is 6.65. The molecule has 0 aromatic heterocycles. The van der Waals surface area contributed by atoms with E-state index in [1.54, 1.807) is 11.9 Å². The number of ether oxygens (including phenoxy) is 1. The molecule has 0 aliphatic heterocycles. The smallest absolute Gasteiger partial charge is 0.406 e. The topological polar surface area (TPSA) is 55.6 Å². The summed E-state index contributed by atoms with van der Waals surface area (Å²) in [7, 11) is 1.70. The van der Waals surface area contributed by atoms with Gasteiger partial charge in [-0.15, -0.1) is 13.2 Å². The number of hydrogen-bond donors (Lipinski definition) is 1. The number of nitrogens with two attached hydrogens (primary N) is 1. The second-order valence-electron chi connectivity index (χ2n) is 6.01. The molecule has 0 saturated heterocycles. The average molecular weight is 330 g/mol. The molecule has 2 atom stereocenters. The molecule has 1 aliphatic carbocycles. The molecule has 1 aromatic rings. The molecule has 2 N–H and O–H groups in total. The molecule has 0 radical (unpaired) electrons. The van der Waals surface area contributed by atoms with E-state index in [0.29, 0.717) is 13.0 Å². The van der Waals surface area contributed by atoms with Crippen LogP contribution in [0, 0.1) is 5.92 Å². The summed E-state index contributed by atoms with van der Waals surface area (Å²) in [5.74, 6) is -0.291. The number of halogens is 3. The number of rotatable bonds is 4. The van der Waals surface area contributed by atoms with Gasteiger partial charge in [0.25, 0.3) is 0 Å². The Balaban J connectivity index is 1.91. The van der Waals surface area contributed by atoms with Gasteiger partial charge in [-0.3, -0.25) is 4.79 Å². The number of hydrogen-bond acceptors (Lipinski definition) is 3. The van der Waals surface area contributed by atoms with Crippen molar-refractivity contribution in [2.45, 2.75) is 44.6 Å². The predicted octanol–water partition coefficient (Wildman–Crippen LogP) is 3.06. The maximum Gasteiger partial charge on any atom is 0.573 e. The number of carbonyl (C=O) groups is 1. The lowest BCUT2D eigenvalue weighted by atomic mass is 9.85. The summed E-state index contributed by atoms with van der Waals surface area (Å²) in [4.78, 5) is 14.0. The minimum atomic E-state index is -4.70. The number of carbonyl (C=O) groups excluding carboxylic acids is 1. The van der Waals surface area contributed by atoms with Gasteiger partial charge in [-0.05, 0) is 37.0 Å². The zero-order valence-corrected chi connectivity index (χ0v) is 13.0. The number of benzene rings is 1. The second-order valence-corrected chi connectivity index (χ2v) is 6.01. The van der Waals surface area contributed by atoms with E-state index in [1.165, 1.54) is 24.3 Å². The molecule has 0 spiro atoms. The fourth-order valence-corrected chi connectivity index (χ4v) is 2.91. The first-order valence-electron chi connectivity index (χ1n) is 7.60. The summed E-state index contributed by atoms with van der Waals surface area (Å²) >= 11 is 0. The van der Waals surface area contributed by atoms with Crippen LogP contribution in [0.5, 0.6) is 5.75 Å². The van der Waals surface area contributed by atoms with Crippen LogP contribution in [-0.2, 0) is 11.3 Å². The average Bonchev–Trinajstić information content (AvgIpc) is 2.47. The lowest BCUT2D eigenvalue weighted by Gasteiger charge is -2.29. The Kier molecular flexibility index (Phi) is 5.51. The molecule has 1 aromatic carbocycles. The Bertz CT molecular complexity index is 531. The Morgan fingerprint density at radius 2 is 1.96 bits per heavy atom. The van der Waals surface area contributed by atoms with Crippen molar-refractivity contribution in [3.8, 4) is 5.75 Å². The largest absolute Gasteiger partial charge is 0.573 e. The molecule has 1 fully saturated rings. The number of alkyl halides is 3. The molecule has 0 heterocycles. The molecule has 128 valence electrons. The first-order chi connectivity index (χ1) is 10.7. The van der Waals surface area contributed by atoms with Gasteiger partial charge in [-0.1, -0.05) is 18.6 Å². The van der Waals surface area contributed by atoms with E-state index in [-0.39, 0.29) is 23.6 Å². The third kappa shape index (κ3) is 5.42. The summed E-state index contributed by atoms with van der Waals surface area (Å²) in [5, 5.41) is 0. The molecule has 1 amide bonds. The van der Waals surface area contributed by atoms with Gasteiger partial charge < -0.3 is 15.4 Å². The van der Waals surface area contributed by atoms with Crippen LogP contribution in [0.15, 0.2) is 24.3 Å². The summed E-state index contributed by atoms with van der Waals surface area (Å²) in [6, 6.07) is 5.62. The molecule has 2 rings (SSSR count). The highest BCUT2D eigenvalue weighted by atomic mass is 19.4. The van der Waals surface area contributed by atoms with E-state index in [9.17, 15) is 18.0 Å². The van der Waals surface area contributed by atoms with Crippen LogP contribution in [0.1, 0.15) is 31.2 Å². The van der Waals surface area contributed by atoms with Gasteiger partial charge in [-0.2, -0.15) is 0 Å². The van der Waals surface area contributed by atoms with Gasteiger partial charge in [0, 0.05) is 25.6 Å². The third-order valence-corrected chi connectivity index (χ3v) is 4.02. The standard InChI is InChI=1S/C16H21F3N2O2/c1-21(15(22)12-3-2-4-13(20)9-12)10-11-5-7-14(8-6-11)23-16(17,18)19/h5-8,12-13H,2-4,9-10,20H2,1H3. The Morgan fingerprint density at radius 3 is 2.52 bits per heavy atom. The van der Waals surface area contributed by atoms with Gasteiger partial charge in [0.05, 0.1) is 0 Å². The highest BCUT2D eigenvalue weighted by Crippen LogP contribution is 2.26. The fraction of sp³-hybridized carbons (Fsp3) is 0.562. The van der Waals surface area contributed by atoms with Crippen molar-refractivity contribution in [1.29, 1.82) is 0 Å². The monoisotopic (exact) mass is 330 g/mol. The van der Waals surface area contributed by atoms with Crippen molar-refractivity contribution >= 4 is 5.91 Å². The SMILES string of the molecule is CN(Cc1ccc(OC(F)(F)F)cc1)C(=O)C1CCCC(N)C1. The van der Waals surface area contributed by atoms with E-state index in [1.807, 2.05) is 0 Å².